The van der Waals surface area contributed by atoms with Crippen molar-refractivity contribution in [3.63, 3.8) is 0 Å². The first kappa shape index (κ1) is 17.8. The average Bonchev–Trinajstić information content (AvgIpc) is 2.62. The molecule has 2 N–H and O–H groups in total. The van der Waals surface area contributed by atoms with Crippen LogP contribution in [0.2, 0.25) is 0 Å². The number of aliphatic hydroxyl groups is 2. The molecule has 0 aromatic heterocycles. The van der Waals surface area contributed by atoms with Crippen LogP contribution in [-0.2, 0) is 9.16 Å². The van der Waals surface area contributed by atoms with Gasteiger partial charge in [0.05, 0.1) is 11.5 Å². The number of methoxy groups -OCH3 is 1. The van der Waals surface area contributed by atoms with E-state index < -0.39 is 20.5 Å². The molecule has 123 valence electrons. The molecule has 0 fully saturated rings. The van der Waals surface area contributed by atoms with Crippen LogP contribution in [0.5, 0.6) is 0 Å². The monoisotopic (exact) mass is 331 g/mol. The van der Waals surface area contributed by atoms with Gasteiger partial charge in [-0.25, -0.2) is 0 Å². The second-order valence-corrected chi connectivity index (χ2v) is 7.41. The first-order valence-electron chi connectivity index (χ1n) is 7.68. The fourth-order valence-corrected chi connectivity index (χ4v) is 4.34. The lowest BCUT2D eigenvalue weighted by Crippen LogP contribution is -2.35. The Morgan fingerprint density at radius 3 is 1.74 bits per heavy atom. The highest BCUT2D eigenvalue weighted by Gasteiger charge is 2.33. The molecule has 0 heterocycles. The van der Waals surface area contributed by atoms with Crippen molar-refractivity contribution < 1.29 is 19.4 Å². The second kappa shape index (κ2) is 9.59. The predicted molar refractivity (Wildman–Crippen MR) is 91.0 cm³/mol. The number of ether oxygens (including phenoxy) is 1. The van der Waals surface area contributed by atoms with Crippen LogP contribution in [0.3, 0.4) is 0 Å². The summed E-state index contributed by atoms with van der Waals surface area (Å²) >= 11 is 0. The van der Waals surface area contributed by atoms with Gasteiger partial charge in [0, 0.05) is 20.3 Å². The standard InChI is InChI=1S/C18H23O4Si/c1-21-13-8-14-22-23(17(19)15-9-4-2-5-10-15)18(20)16-11-6-3-7-12-16/h2-7,9-12,17-20H,8,13-14H2,1H3. The topological polar surface area (TPSA) is 58.9 Å². The molecule has 2 unspecified atom stereocenters. The Hall–Kier alpha value is -1.50. The molecule has 0 aliphatic heterocycles. The molecule has 0 saturated carbocycles. The van der Waals surface area contributed by atoms with Crippen molar-refractivity contribution in [3.8, 4) is 0 Å². The van der Waals surface area contributed by atoms with Crippen LogP contribution in [0.1, 0.15) is 29.0 Å². The zero-order chi connectivity index (χ0) is 16.5. The third-order valence-electron chi connectivity index (χ3n) is 3.53. The summed E-state index contributed by atoms with van der Waals surface area (Å²) in [6.45, 7) is 1.05. The number of aliphatic hydroxyl groups excluding tert-OH is 2. The molecule has 5 heteroatoms. The molecule has 2 aromatic rings. The minimum absolute atomic E-state index is 0.454. The summed E-state index contributed by atoms with van der Waals surface area (Å²) in [5.41, 5.74) is -0.0795. The fraction of sp³-hybridized carbons (Fsp3) is 0.333. The van der Waals surface area contributed by atoms with E-state index in [0.29, 0.717) is 13.2 Å². The van der Waals surface area contributed by atoms with Crippen molar-refractivity contribution in [2.45, 2.75) is 17.9 Å². The summed E-state index contributed by atoms with van der Waals surface area (Å²) in [7, 11) is -0.287. The lowest BCUT2D eigenvalue weighted by Gasteiger charge is -2.26. The van der Waals surface area contributed by atoms with Crippen LogP contribution >= 0.6 is 0 Å². The minimum Gasteiger partial charge on any atom is -0.411 e. The molecular weight excluding hydrogens is 308 g/mol. The van der Waals surface area contributed by atoms with Crippen LogP contribution in [0.4, 0.5) is 0 Å². The van der Waals surface area contributed by atoms with E-state index >= 15 is 0 Å². The van der Waals surface area contributed by atoms with E-state index in [9.17, 15) is 10.2 Å². The van der Waals surface area contributed by atoms with Crippen molar-refractivity contribution in [3.05, 3.63) is 71.8 Å². The van der Waals surface area contributed by atoms with E-state index in [1.165, 1.54) is 0 Å². The van der Waals surface area contributed by atoms with Gasteiger partial charge in [-0.2, -0.15) is 0 Å². The molecule has 0 spiro atoms. The van der Waals surface area contributed by atoms with Gasteiger partial charge in [-0.05, 0) is 17.5 Å². The van der Waals surface area contributed by atoms with Crippen molar-refractivity contribution in [2.24, 2.45) is 0 Å². The highest BCUT2D eigenvalue weighted by molar-refractivity contribution is 6.54. The molecule has 4 nitrogen and oxygen atoms in total. The summed E-state index contributed by atoms with van der Waals surface area (Å²) in [4.78, 5) is 0. The van der Waals surface area contributed by atoms with Gasteiger partial charge in [-0.1, -0.05) is 60.7 Å². The molecule has 23 heavy (non-hydrogen) atoms. The minimum atomic E-state index is -1.93. The Bertz CT molecular complexity index is 504. The van der Waals surface area contributed by atoms with Crippen molar-refractivity contribution in [1.82, 2.24) is 0 Å². The van der Waals surface area contributed by atoms with E-state index in [1.54, 1.807) is 7.11 Å². The molecule has 0 aliphatic carbocycles. The van der Waals surface area contributed by atoms with Gasteiger partial charge >= 0.3 is 0 Å². The Labute approximate surface area is 139 Å². The lowest BCUT2D eigenvalue weighted by molar-refractivity contribution is 0.135. The molecular formula is C18H23O4Si. The summed E-state index contributed by atoms with van der Waals surface area (Å²) in [5, 5.41) is 21.4. The molecule has 2 atom stereocenters. The lowest BCUT2D eigenvalue weighted by atomic mass is 10.2. The third-order valence-corrected chi connectivity index (χ3v) is 5.81. The molecule has 0 aliphatic rings. The Balaban J connectivity index is 2.13. The fourth-order valence-electron chi connectivity index (χ4n) is 2.30. The van der Waals surface area contributed by atoms with Crippen LogP contribution in [0.15, 0.2) is 60.7 Å². The number of rotatable bonds is 9. The number of hydrogen-bond acceptors (Lipinski definition) is 4. The van der Waals surface area contributed by atoms with E-state index in [0.717, 1.165) is 17.5 Å². The zero-order valence-corrected chi connectivity index (χ0v) is 14.3. The summed E-state index contributed by atoms with van der Waals surface area (Å²) in [5.74, 6) is 0. The van der Waals surface area contributed by atoms with E-state index in [2.05, 4.69) is 0 Å². The number of benzene rings is 2. The maximum atomic E-state index is 10.7. The predicted octanol–water partition coefficient (Wildman–Crippen LogP) is 2.58. The molecule has 2 aromatic carbocycles. The molecule has 1 radical (unpaired) electrons. The van der Waals surface area contributed by atoms with Gasteiger partial charge in [0.25, 0.3) is 9.04 Å². The smallest absolute Gasteiger partial charge is 0.281 e. The Morgan fingerprint density at radius 2 is 1.30 bits per heavy atom. The second-order valence-electron chi connectivity index (χ2n) is 5.22. The summed E-state index contributed by atoms with van der Waals surface area (Å²) in [6, 6.07) is 18.7. The van der Waals surface area contributed by atoms with Crippen LogP contribution in [0.25, 0.3) is 0 Å². The van der Waals surface area contributed by atoms with Crippen LogP contribution < -0.4 is 0 Å². The third kappa shape index (κ3) is 5.26. The molecule has 0 saturated heterocycles. The van der Waals surface area contributed by atoms with Gasteiger partial charge in [-0.15, -0.1) is 0 Å². The highest BCUT2D eigenvalue weighted by atomic mass is 28.3. The largest absolute Gasteiger partial charge is 0.411 e. The van der Waals surface area contributed by atoms with Gasteiger partial charge < -0.3 is 19.4 Å². The van der Waals surface area contributed by atoms with Crippen molar-refractivity contribution >= 4 is 9.04 Å². The van der Waals surface area contributed by atoms with Crippen molar-refractivity contribution in [2.75, 3.05) is 20.3 Å². The SMILES string of the molecule is COCCCO[Si](C(O)c1ccccc1)C(O)c1ccccc1. The van der Waals surface area contributed by atoms with Crippen LogP contribution in [0, 0.1) is 0 Å². The normalized spacial score (nSPS) is 13.9. The Kier molecular flexibility index (Phi) is 7.44. The van der Waals surface area contributed by atoms with Crippen LogP contribution in [-0.4, -0.2) is 39.6 Å². The first-order chi connectivity index (χ1) is 11.2. The zero-order valence-electron chi connectivity index (χ0n) is 13.3. The van der Waals surface area contributed by atoms with E-state index in [1.807, 2.05) is 60.7 Å². The Morgan fingerprint density at radius 1 is 0.826 bits per heavy atom. The first-order valence-corrected chi connectivity index (χ1v) is 9.25. The van der Waals surface area contributed by atoms with E-state index in [-0.39, 0.29) is 0 Å². The quantitative estimate of drug-likeness (QED) is 0.548. The van der Waals surface area contributed by atoms with Gasteiger partial charge in [0.2, 0.25) is 0 Å². The average molecular weight is 331 g/mol. The van der Waals surface area contributed by atoms with Gasteiger partial charge in [0.15, 0.2) is 0 Å². The molecule has 0 bridgehead atoms. The molecule has 0 amide bonds. The van der Waals surface area contributed by atoms with Gasteiger partial charge in [0.1, 0.15) is 0 Å². The maximum Gasteiger partial charge on any atom is 0.281 e. The van der Waals surface area contributed by atoms with Crippen molar-refractivity contribution in [1.29, 1.82) is 0 Å². The summed E-state index contributed by atoms with van der Waals surface area (Å²) in [6.07, 6.45) is 0.730. The highest BCUT2D eigenvalue weighted by Crippen LogP contribution is 2.26. The van der Waals surface area contributed by atoms with E-state index in [4.69, 9.17) is 9.16 Å². The van der Waals surface area contributed by atoms with Gasteiger partial charge in [-0.3, -0.25) is 0 Å². The number of hydrogen-bond donors (Lipinski definition) is 2. The molecule has 2 rings (SSSR count). The summed E-state index contributed by atoms with van der Waals surface area (Å²) < 4.78 is 10.9. The maximum absolute atomic E-state index is 10.7.